The molecular formula is C31H28FN7. The topological polar surface area (TPSA) is 95.2 Å². The van der Waals surface area contributed by atoms with Crippen molar-refractivity contribution in [2.24, 2.45) is 5.92 Å². The summed E-state index contributed by atoms with van der Waals surface area (Å²) in [5.41, 5.74) is 7.85. The van der Waals surface area contributed by atoms with Crippen molar-refractivity contribution in [1.82, 2.24) is 35.5 Å². The first kappa shape index (κ1) is 23.7. The smallest absolute Gasteiger partial charge is 0.155 e. The SMILES string of the molecule is Fc1cccc(-c2ccnc3[nH]c(-c4n[nH]c5ncc(-c6cncc(CNCC7CCCC7)c6)cc45)cc23)c1. The molecule has 5 aromatic heterocycles. The molecule has 0 saturated heterocycles. The molecule has 0 bridgehead atoms. The van der Waals surface area contributed by atoms with Crippen LogP contribution in [0.15, 0.2) is 73.3 Å². The van der Waals surface area contributed by atoms with Gasteiger partial charge in [0.05, 0.1) is 5.69 Å². The summed E-state index contributed by atoms with van der Waals surface area (Å²) in [6.45, 7) is 1.87. The predicted octanol–water partition coefficient (Wildman–Crippen LogP) is 6.65. The van der Waals surface area contributed by atoms with Crippen molar-refractivity contribution in [2.75, 3.05) is 6.54 Å². The summed E-state index contributed by atoms with van der Waals surface area (Å²) >= 11 is 0. The Labute approximate surface area is 224 Å². The molecule has 1 aromatic carbocycles. The Bertz CT molecular complexity index is 1780. The van der Waals surface area contributed by atoms with Gasteiger partial charge >= 0.3 is 0 Å². The highest BCUT2D eigenvalue weighted by Gasteiger charge is 2.17. The van der Waals surface area contributed by atoms with E-state index in [4.69, 9.17) is 0 Å². The zero-order valence-corrected chi connectivity index (χ0v) is 21.4. The van der Waals surface area contributed by atoms with Crippen molar-refractivity contribution >= 4 is 22.1 Å². The van der Waals surface area contributed by atoms with Crippen molar-refractivity contribution in [2.45, 2.75) is 32.2 Å². The van der Waals surface area contributed by atoms with Crippen LogP contribution in [0.1, 0.15) is 31.2 Å². The third-order valence-corrected chi connectivity index (χ3v) is 7.70. The van der Waals surface area contributed by atoms with Crippen molar-refractivity contribution in [3.05, 3.63) is 84.7 Å². The van der Waals surface area contributed by atoms with Crippen molar-refractivity contribution < 1.29 is 4.39 Å². The molecule has 7 nitrogen and oxygen atoms in total. The number of benzene rings is 1. The molecule has 0 amide bonds. The Morgan fingerprint density at radius 2 is 1.77 bits per heavy atom. The van der Waals surface area contributed by atoms with Crippen molar-refractivity contribution in [3.63, 3.8) is 0 Å². The average Bonchev–Trinajstić information content (AvgIpc) is 3.72. The number of rotatable bonds is 7. The quantitative estimate of drug-likeness (QED) is 0.220. The molecule has 1 saturated carbocycles. The number of hydrogen-bond acceptors (Lipinski definition) is 5. The lowest BCUT2D eigenvalue weighted by Gasteiger charge is -2.11. The minimum atomic E-state index is -0.270. The molecule has 194 valence electrons. The Morgan fingerprint density at radius 1 is 0.872 bits per heavy atom. The molecule has 7 rings (SSSR count). The number of H-pyrrole nitrogens is 2. The second kappa shape index (κ2) is 10.0. The normalized spacial score (nSPS) is 14.1. The second-order valence-electron chi connectivity index (χ2n) is 10.4. The van der Waals surface area contributed by atoms with Gasteiger partial charge in [-0.25, -0.2) is 14.4 Å². The number of halogens is 1. The lowest BCUT2D eigenvalue weighted by molar-refractivity contribution is 0.489. The van der Waals surface area contributed by atoms with E-state index in [0.29, 0.717) is 11.3 Å². The van der Waals surface area contributed by atoms with Gasteiger partial charge in [0.15, 0.2) is 5.65 Å². The standard InChI is InChI=1S/C31H28FN7/c32-24-7-3-6-21(11-24)25-8-9-35-30-26(25)13-28(37-30)29-27-12-23(18-36-31(27)39-38-29)22-10-20(16-34-17-22)15-33-14-19-4-1-2-5-19/h3,6-13,16-19,33H,1-2,4-5,14-15H2,(H,35,37)(H,36,38,39). The van der Waals surface area contributed by atoms with Crippen LogP contribution in [-0.4, -0.2) is 36.7 Å². The molecule has 8 heteroatoms. The van der Waals surface area contributed by atoms with Crippen LogP contribution < -0.4 is 5.32 Å². The summed E-state index contributed by atoms with van der Waals surface area (Å²) in [6, 6.07) is 14.8. The molecular weight excluding hydrogens is 489 g/mol. The van der Waals surface area contributed by atoms with Crippen molar-refractivity contribution in [1.29, 1.82) is 0 Å². The highest BCUT2D eigenvalue weighted by Crippen LogP contribution is 2.34. The van der Waals surface area contributed by atoms with Gasteiger partial charge in [0, 0.05) is 53.2 Å². The molecule has 1 fully saturated rings. The van der Waals surface area contributed by atoms with E-state index in [0.717, 1.165) is 69.0 Å². The van der Waals surface area contributed by atoms with E-state index in [1.165, 1.54) is 37.8 Å². The van der Waals surface area contributed by atoms with E-state index in [9.17, 15) is 4.39 Å². The molecule has 0 unspecified atom stereocenters. The summed E-state index contributed by atoms with van der Waals surface area (Å²) in [5, 5.41) is 13.0. The van der Waals surface area contributed by atoms with Gasteiger partial charge in [-0.15, -0.1) is 0 Å². The molecule has 5 heterocycles. The lowest BCUT2D eigenvalue weighted by atomic mass is 10.0. The Kier molecular flexibility index (Phi) is 6.09. The largest absolute Gasteiger partial charge is 0.338 e. The Balaban J connectivity index is 1.20. The number of aromatic nitrogens is 6. The maximum atomic E-state index is 13.9. The molecule has 0 radical (unpaired) electrons. The number of pyridine rings is 3. The van der Waals surface area contributed by atoms with E-state index in [1.807, 2.05) is 36.8 Å². The van der Waals surface area contributed by atoms with E-state index < -0.39 is 0 Å². The number of fused-ring (bicyclic) bond motifs is 2. The first-order chi connectivity index (χ1) is 19.2. The highest BCUT2D eigenvalue weighted by molar-refractivity contribution is 5.99. The third kappa shape index (κ3) is 4.68. The van der Waals surface area contributed by atoms with Gasteiger partial charge in [-0.1, -0.05) is 25.0 Å². The molecule has 0 atom stereocenters. The van der Waals surface area contributed by atoms with E-state index in [1.54, 1.807) is 12.3 Å². The van der Waals surface area contributed by atoms with E-state index >= 15 is 0 Å². The van der Waals surface area contributed by atoms with Crippen LogP contribution in [0.3, 0.4) is 0 Å². The fraction of sp³-hybridized carbons (Fsp3) is 0.226. The van der Waals surface area contributed by atoms with Crippen LogP contribution >= 0.6 is 0 Å². The second-order valence-corrected chi connectivity index (χ2v) is 10.4. The average molecular weight is 518 g/mol. The first-order valence-electron chi connectivity index (χ1n) is 13.4. The van der Waals surface area contributed by atoms with Crippen LogP contribution in [0.5, 0.6) is 0 Å². The van der Waals surface area contributed by atoms with Gasteiger partial charge in [0.1, 0.15) is 17.2 Å². The number of hydrogen-bond donors (Lipinski definition) is 3. The minimum Gasteiger partial charge on any atom is -0.338 e. The maximum Gasteiger partial charge on any atom is 0.155 e. The van der Waals surface area contributed by atoms with Gasteiger partial charge in [-0.2, -0.15) is 5.10 Å². The fourth-order valence-corrected chi connectivity index (χ4v) is 5.71. The van der Waals surface area contributed by atoms with Crippen LogP contribution in [0.4, 0.5) is 4.39 Å². The van der Waals surface area contributed by atoms with Crippen LogP contribution in [-0.2, 0) is 6.54 Å². The predicted molar refractivity (Wildman–Crippen MR) is 151 cm³/mol. The number of nitrogens with zero attached hydrogens (tertiary/aromatic N) is 4. The van der Waals surface area contributed by atoms with Gasteiger partial charge in [0.25, 0.3) is 0 Å². The Hall–Kier alpha value is -4.43. The third-order valence-electron chi connectivity index (χ3n) is 7.70. The first-order valence-corrected chi connectivity index (χ1v) is 13.4. The zero-order valence-electron chi connectivity index (χ0n) is 21.4. The fourth-order valence-electron chi connectivity index (χ4n) is 5.71. The molecule has 1 aliphatic rings. The van der Waals surface area contributed by atoms with Gasteiger partial charge in [-0.3, -0.25) is 10.1 Å². The molecule has 0 aliphatic heterocycles. The number of aromatic amines is 2. The molecule has 39 heavy (non-hydrogen) atoms. The lowest BCUT2D eigenvalue weighted by Crippen LogP contribution is -2.20. The summed E-state index contributed by atoms with van der Waals surface area (Å²) < 4.78 is 13.9. The molecule has 0 spiro atoms. The molecule has 1 aliphatic carbocycles. The summed E-state index contributed by atoms with van der Waals surface area (Å²) in [6.07, 6.45) is 12.8. The minimum absolute atomic E-state index is 0.270. The van der Waals surface area contributed by atoms with Crippen molar-refractivity contribution in [3.8, 4) is 33.6 Å². The summed E-state index contributed by atoms with van der Waals surface area (Å²) in [4.78, 5) is 17.0. The molecule has 3 N–H and O–H groups in total. The van der Waals surface area contributed by atoms with Crippen LogP contribution in [0, 0.1) is 11.7 Å². The summed E-state index contributed by atoms with van der Waals surface area (Å²) in [5.74, 6) is 0.533. The van der Waals surface area contributed by atoms with Crippen LogP contribution in [0.2, 0.25) is 0 Å². The van der Waals surface area contributed by atoms with E-state index in [-0.39, 0.29) is 5.82 Å². The van der Waals surface area contributed by atoms with Gasteiger partial charge in [-0.05, 0) is 78.4 Å². The summed E-state index contributed by atoms with van der Waals surface area (Å²) in [7, 11) is 0. The van der Waals surface area contributed by atoms with Gasteiger partial charge in [0.2, 0.25) is 0 Å². The zero-order chi connectivity index (χ0) is 26.2. The number of nitrogens with one attached hydrogen (secondary N) is 3. The monoisotopic (exact) mass is 517 g/mol. The molecule has 6 aromatic rings. The maximum absolute atomic E-state index is 13.9. The Morgan fingerprint density at radius 3 is 2.67 bits per heavy atom. The highest BCUT2D eigenvalue weighted by atomic mass is 19.1. The van der Waals surface area contributed by atoms with E-state index in [2.05, 4.69) is 47.6 Å². The van der Waals surface area contributed by atoms with Crippen LogP contribution in [0.25, 0.3) is 55.7 Å². The van der Waals surface area contributed by atoms with Gasteiger partial charge < -0.3 is 10.3 Å².